The number of hydrogen-bond acceptors (Lipinski definition) is 3. The van der Waals surface area contributed by atoms with Crippen LogP contribution in [0.1, 0.15) is 35.4 Å². The summed E-state index contributed by atoms with van der Waals surface area (Å²) in [5, 5.41) is 13.0. The lowest BCUT2D eigenvalue weighted by Crippen LogP contribution is -2.32. The van der Waals surface area contributed by atoms with Crippen molar-refractivity contribution in [3.05, 3.63) is 16.3 Å². The second kappa shape index (κ2) is 6.05. The first-order valence-electron chi connectivity index (χ1n) is 6.47. The van der Waals surface area contributed by atoms with E-state index in [1.807, 2.05) is 0 Å². The van der Waals surface area contributed by atoms with Crippen LogP contribution in [0.2, 0.25) is 0 Å². The van der Waals surface area contributed by atoms with Crippen molar-refractivity contribution in [3.8, 4) is 0 Å². The first kappa shape index (κ1) is 15.8. The van der Waals surface area contributed by atoms with E-state index in [-0.39, 0.29) is 36.2 Å². The molecule has 116 valence electrons. The molecule has 8 heteroatoms. The highest BCUT2D eigenvalue weighted by atomic mass is 32.1. The average molecular weight is 321 g/mol. The second-order valence-corrected chi connectivity index (χ2v) is 5.96. The Kier molecular flexibility index (Phi) is 4.55. The standard InChI is InChI=1S/C13H14F3NO3S/c14-13(15,16)8-3-1-7(2-4-8)11(18)17-9-5-6-21-10(9)12(19)20/h5-8H,1-4H2,(H,17,18)(H,19,20). The minimum Gasteiger partial charge on any atom is -0.477 e. The first-order valence-corrected chi connectivity index (χ1v) is 7.35. The second-order valence-electron chi connectivity index (χ2n) is 5.05. The maximum absolute atomic E-state index is 12.6. The van der Waals surface area contributed by atoms with Gasteiger partial charge in [-0.25, -0.2) is 4.79 Å². The van der Waals surface area contributed by atoms with Crippen LogP contribution in [0.15, 0.2) is 11.4 Å². The summed E-state index contributed by atoms with van der Waals surface area (Å²) in [6.45, 7) is 0. The summed E-state index contributed by atoms with van der Waals surface area (Å²) >= 11 is 0.987. The Labute approximate surface area is 123 Å². The molecule has 1 heterocycles. The first-order chi connectivity index (χ1) is 9.79. The molecular weight excluding hydrogens is 307 g/mol. The van der Waals surface area contributed by atoms with Crippen molar-refractivity contribution in [2.75, 3.05) is 5.32 Å². The minimum atomic E-state index is -4.20. The average Bonchev–Trinajstić information content (AvgIpc) is 2.86. The molecule has 0 aromatic carbocycles. The minimum absolute atomic E-state index is 0.0207. The summed E-state index contributed by atoms with van der Waals surface area (Å²) in [5.74, 6) is -3.37. The van der Waals surface area contributed by atoms with Crippen LogP contribution in [-0.4, -0.2) is 23.2 Å². The zero-order chi connectivity index (χ0) is 15.6. The quantitative estimate of drug-likeness (QED) is 0.891. The van der Waals surface area contributed by atoms with Gasteiger partial charge in [-0.1, -0.05) is 0 Å². The highest BCUT2D eigenvalue weighted by Gasteiger charge is 2.42. The van der Waals surface area contributed by atoms with Gasteiger partial charge in [0.05, 0.1) is 11.6 Å². The molecule has 0 atom stereocenters. The summed E-state index contributed by atoms with van der Waals surface area (Å²) in [5.41, 5.74) is 0.204. The smallest absolute Gasteiger partial charge is 0.391 e. The third kappa shape index (κ3) is 3.75. The Bertz CT molecular complexity index is 533. The Balaban J connectivity index is 1.94. The lowest BCUT2D eigenvalue weighted by atomic mass is 9.81. The molecule has 0 spiro atoms. The van der Waals surface area contributed by atoms with Crippen molar-refractivity contribution in [1.82, 2.24) is 0 Å². The van der Waals surface area contributed by atoms with E-state index in [2.05, 4.69) is 5.32 Å². The molecule has 21 heavy (non-hydrogen) atoms. The summed E-state index contributed by atoms with van der Waals surface area (Å²) in [4.78, 5) is 23.0. The number of carbonyl (C=O) groups excluding carboxylic acids is 1. The molecule has 1 saturated carbocycles. The molecule has 0 saturated heterocycles. The number of hydrogen-bond donors (Lipinski definition) is 2. The molecule has 0 unspecified atom stereocenters. The van der Waals surface area contributed by atoms with Gasteiger partial charge in [0.2, 0.25) is 5.91 Å². The Hall–Kier alpha value is -1.57. The van der Waals surface area contributed by atoms with E-state index >= 15 is 0 Å². The lowest BCUT2D eigenvalue weighted by Gasteiger charge is -2.29. The van der Waals surface area contributed by atoms with Gasteiger partial charge in [-0.15, -0.1) is 11.3 Å². The molecule has 0 bridgehead atoms. The van der Waals surface area contributed by atoms with E-state index in [9.17, 15) is 22.8 Å². The molecule has 1 aromatic heterocycles. The van der Waals surface area contributed by atoms with Crippen molar-refractivity contribution in [2.24, 2.45) is 11.8 Å². The van der Waals surface area contributed by atoms with Gasteiger partial charge in [0.25, 0.3) is 0 Å². The SMILES string of the molecule is O=C(O)c1sccc1NC(=O)C1CCC(C(F)(F)F)CC1. The van der Waals surface area contributed by atoms with Gasteiger partial charge < -0.3 is 10.4 Å². The number of thiophene rings is 1. The van der Waals surface area contributed by atoms with Gasteiger partial charge >= 0.3 is 12.1 Å². The fourth-order valence-electron chi connectivity index (χ4n) is 2.49. The van der Waals surface area contributed by atoms with E-state index in [1.54, 1.807) is 5.38 Å². The van der Waals surface area contributed by atoms with Gasteiger partial charge in [-0.2, -0.15) is 13.2 Å². The number of nitrogens with one attached hydrogen (secondary N) is 1. The molecule has 1 amide bonds. The highest BCUT2D eigenvalue weighted by Crippen LogP contribution is 2.39. The van der Waals surface area contributed by atoms with E-state index in [0.29, 0.717) is 0 Å². The Morgan fingerprint density at radius 2 is 1.86 bits per heavy atom. The topological polar surface area (TPSA) is 66.4 Å². The fourth-order valence-corrected chi connectivity index (χ4v) is 3.18. The summed E-state index contributed by atoms with van der Waals surface area (Å²) in [6.07, 6.45) is -3.98. The van der Waals surface area contributed by atoms with Crippen molar-refractivity contribution in [3.63, 3.8) is 0 Å². The number of anilines is 1. The lowest BCUT2D eigenvalue weighted by molar-refractivity contribution is -0.184. The van der Waals surface area contributed by atoms with Crippen molar-refractivity contribution < 1.29 is 27.9 Å². The van der Waals surface area contributed by atoms with Gasteiger partial charge in [-0.05, 0) is 37.1 Å². The van der Waals surface area contributed by atoms with E-state index in [4.69, 9.17) is 5.11 Å². The summed E-state index contributed by atoms with van der Waals surface area (Å²) in [6, 6.07) is 1.48. The number of amides is 1. The Morgan fingerprint density at radius 3 is 2.38 bits per heavy atom. The number of carbonyl (C=O) groups is 2. The molecule has 2 rings (SSSR count). The van der Waals surface area contributed by atoms with Crippen LogP contribution in [0.4, 0.5) is 18.9 Å². The molecule has 4 nitrogen and oxygen atoms in total. The van der Waals surface area contributed by atoms with Crippen molar-refractivity contribution >= 4 is 28.9 Å². The molecular formula is C13H14F3NO3S. The largest absolute Gasteiger partial charge is 0.477 e. The molecule has 1 aliphatic carbocycles. The molecule has 1 fully saturated rings. The molecule has 1 aliphatic rings. The third-order valence-corrected chi connectivity index (χ3v) is 4.58. The van der Waals surface area contributed by atoms with E-state index in [0.717, 1.165) is 11.3 Å². The maximum Gasteiger partial charge on any atom is 0.391 e. The van der Waals surface area contributed by atoms with Crippen LogP contribution in [0.5, 0.6) is 0 Å². The number of alkyl halides is 3. The Morgan fingerprint density at radius 1 is 1.24 bits per heavy atom. The van der Waals surface area contributed by atoms with Gasteiger partial charge in [0.15, 0.2) is 0 Å². The normalized spacial score (nSPS) is 22.8. The number of halogens is 3. The molecule has 0 aliphatic heterocycles. The van der Waals surface area contributed by atoms with Crippen molar-refractivity contribution in [2.45, 2.75) is 31.9 Å². The third-order valence-electron chi connectivity index (χ3n) is 3.68. The van der Waals surface area contributed by atoms with Gasteiger partial charge in [-0.3, -0.25) is 4.79 Å². The number of carboxylic acid groups (broad SMARTS) is 1. The van der Waals surface area contributed by atoms with Crippen LogP contribution in [0.3, 0.4) is 0 Å². The van der Waals surface area contributed by atoms with Crippen LogP contribution < -0.4 is 5.32 Å². The molecule has 1 aromatic rings. The van der Waals surface area contributed by atoms with Crippen LogP contribution >= 0.6 is 11.3 Å². The van der Waals surface area contributed by atoms with Gasteiger partial charge in [0, 0.05) is 5.92 Å². The van der Waals surface area contributed by atoms with Crippen molar-refractivity contribution in [1.29, 1.82) is 0 Å². The van der Waals surface area contributed by atoms with E-state index < -0.39 is 29.9 Å². The van der Waals surface area contributed by atoms with Gasteiger partial charge in [0.1, 0.15) is 4.88 Å². The number of rotatable bonds is 3. The highest BCUT2D eigenvalue weighted by molar-refractivity contribution is 7.12. The fraction of sp³-hybridized carbons (Fsp3) is 0.538. The van der Waals surface area contributed by atoms with Crippen LogP contribution in [-0.2, 0) is 4.79 Å². The van der Waals surface area contributed by atoms with Crippen LogP contribution in [0, 0.1) is 11.8 Å². The summed E-state index contributed by atoms with van der Waals surface area (Å²) in [7, 11) is 0. The summed E-state index contributed by atoms with van der Waals surface area (Å²) < 4.78 is 37.7. The molecule has 0 radical (unpaired) electrons. The number of aromatic carboxylic acids is 1. The van der Waals surface area contributed by atoms with E-state index in [1.165, 1.54) is 6.07 Å². The zero-order valence-electron chi connectivity index (χ0n) is 10.9. The molecule has 2 N–H and O–H groups in total. The van der Waals surface area contributed by atoms with Crippen LogP contribution in [0.25, 0.3) is 0 Å². The maximum atomic E-state index is 12.6. The monoisotopic (exact) mass is 321 g/mol. The predicted octanol–water partition coefficient (Wildman–Crippen LogP) is 3.75. The predicted molar refractivity (Wildman–Crippen MR) is 71.4 cm³/mol. The number of carboxylic acids is 1. The zero-order valence-corrected chi connectivity index (χ0v) is 11.8.